The van der Waals surface area contributed by atoms with Crippen LogP contribution in [0, 0.1) is 11.3 Å². The zero-order chi connectivity index (χ0) is 15.7. The number of likely N-dealkylation sites (tertiary alicyclic amines) is 1. The molecule has 1 atom stereocenters. The molecule has 1 fully saturated rings. The Labute approximate surface area is 123 Å². The summed E-state index contributed by atoms with van der Waals surface area (Å²) in [6, 6.07) is 0.169. The van der Waals surface area contributed by atoms with Crippen molar-refractivity contribution < 1.29 is 9.59 Å². The van der Waals surface area contributed by atoms with E-state index in [0.29, 0.717) is 13.0 Å². The summed E-state index contributed by atoms with van der Waals surface area (Å²) in [6.45, 7) is 15.1. The molecule has 1 saturated heterocycles. The van der Waals surface area contributed by atoms with Crippen molar-refractivity contribution in [2.45, 2.75) is 72.9 Å². The van der Waals surface area contributed by atoms with Gasteiger partial charge in [0.05, 0.1) is 5.92 Å². The van der Waals surface area contributed by atoms with Crippen molar-refractivity contribution in [3.63, 3.8) is 0 Å². The lowest BCUT2D eigenvalue weighted by Gasteiger charge is -2.34. The van der Waals surface area contributed by atoms with Gasteiger partial charge in [0.25, 0.3) is 0 Å². The molecule has 20 heavy (non-hydrogen) atoms. The van der Waals surface area contributed by atoms with Gasteiger partial charge < -0.3 is 10.2 Å². The minimum Gasteiger partial charge on any atom is -0.351 e. The summed E-state index contributed by atoms with van der Waals surface area (Å²) in [6.07, 6.45) is 1.25. The Balaban J connectivity index is 2.62. The number of hydrogen-bond donors (Lipinski definition) is 1. The molecule has 0 unspecified atom stereocenters. The maximum Gasteiger partial charge on any atom is 0.225 e. The third kappa shape index (κ3) is 4.80. The lowest BCUT2D eigenvalue weighted by atomic mass is 9.81. The second kappa shape index (κ2) is 5.74. The summed E-state index contributed by atoms with van der Waals surface area (Å²) >= 11 is 0. The highest BCUT2D eigenvalue weighted by atomic mass is 16.2. The minimum absolute atomic E-state index is 0.00995. The molecule has 0 saturated carbocycles. The summed E-state index contributed by atoms with van der Waals surface area (Å²) in [5, 5.41) is 3.12. The molecule has 116 valence electrons. The summed E-state index contributed by atoms with van der Waals surface area (Å²) in [5.74, 6) is -0.103. The Bertz CT molecular complexity index is 380. The van der Waals surface area contributed by atoms with E-state index >= 15 is 0 Å². The van der Waals surface area contributed by atoms with Gasteiger partial charge in [-0.05, 0) is 39.5 Å². The molecular formula is C16H30N2O2. The summed E-state index contributed by atoms with van der Waals surface area (Å²) < 4.78 is 0. The van der Waals surface area contributed by atoms with Gasteiger partial charge in [-0.15, -0.1) is 0 Å². The number of nitrogens with zero attached hydrogens (tertiary/aromatic N) is 1. The van der Waals surface area contributed by atoms with Crippen LogP contribution < -0.4 is 5.32 Å². The van der Waals surface area contributed by atoms with Gasteiger partial charge in [0, 0.05) is 24.5 Å². The minimum atomic E-state index is -0.246. The third-order valence-electron chi connectivity index (χ3n) is 3.59. The van der Waals surface area contributed by atoms with E-state index in [4.69, 9.17) is 0 Å². The van der Waals surface area contributed by atoms with Gasteiger partial charge in [-0.1, -0.05) is 20.8 Å². The Kier molecular flexibility index (Phi) is 4.88. The van der Waals surface area contributed by atoms with Crippen LogP contribution in [0.5, 0.6) is 0 Å². The van der Waals surface area contributed by atoms with E-state index < -0.39 is 0 Å². The standard InChI is InChI=1S/C16H30N2O2/c1-11(2)18-9-12(8-13(18)19)14(20)17-16(6,7)10-15(3,4)5/h11-12H,8-10H2,1-7H3,(H,17,20)/t12-/m1/s1. The molecule has 0 bridgehead atoms. The van der Waals surface area contributed by atoms with Crippen molar-refractivity contribution in [1.82, 2.24) is 10.2 Å². The summed E-state index contributed by atoms with van der Waals surface area (Å²) in [5.41, 5.74) is -0.0874. The largest absolute Gasteiger partial charge is 0.351 e. The smallest absolute Gasteiger partial charge is 0.225 e. The fourth-order valence-corrected chi connectivity index (χ4v) is 3.21. The van der Waals surface area contributed by atoms with Crippen LogP contribution in [0.3, 0.4) is 0 Å². The van der Waals surface area contributed by atoms with Gasteiger partial charge in [-0.2, -0.15) is 0 Å². The molecular weight excluding hydrogens is 252 g/mol. The van der Waals surface area contributed by atoms with Crippen LogP contribution in [0.2, 0.25) is 0 Å². The maximum absolute atomic E-state index is 12.4. The van der Waals surface area contributed by atoms with Crippen molar-refractivity contribution in [2.75, 3.05) is 6.54 Å². The van der Waals surface area contributed by atoms with E-state index in [0.717, 1.165) is 6.42 Å². The van der Waals surface area contributed by atoms with Crippen LogP contribution >= 0.6 is 0 Å². The summed E-state index contributed by atoms with van der Waals surface area (Å²) in [4.78, 5) is 26.0. The Morgan fingerprint density at radius 3 is 2.25 bits per heavy atom. The van der Waals surface area contributed by atoms with Crippen LogP contribution in [0.15, 0.2) is 0 Å². The first-order chi connectivity index (χ1) is 8.91. The van der Waals surface area contributed by atoms with E-state index in [1.807, 2.05) is 27.7 Å². The van der Waals surface area contributed by atoms with Gasteiger partial charge in [0.15, 0.2) is 0 Å². The Hall–Kier alpha value is -1.06. The van der Waals surface area contributed by atoms with Crippen LogP contribution in [0.4, 0.5) is 0 Å². The van der Waals surface area contributed by atoms with E-state index in [1.165, 1.54) is 0 Å². The van der Waals surface area contributed by atoms with Crippen molar-refractivity contribution in [1.29, 1.82) is 0 Å². The first-order valence-electron chi connectivity index (χ1n) is 7.53. The van der Waals surface area contributed by atoms with E-state index in [2.05, 4.69) is 26.1 Å². The van der Waals surface area contributed by atoms with Gasteiger partial charge in [0.2, 0.25) is 11.8 Å². The van der Waals surface area contributed by atoms with Crippen molar-refractivity contribution in [2.24, 2.45) is 11.3 Å². The number of nitrogens with one attached hydrogen (secondary N) is 1. The van der Waals surface area contributed by atoms with Crippen molar-refractivity contribution >= 4 is 11.8 Å². The lowest BCUT2D eigenvalue weighted by Crippen LogP contribution is -2.48. The van der Waals surface area contributed by atoms with E-state index in [9.17, 15) is 9.59 Å². The molecule has 1 N–H and O–H groups in total. The quantitative estimate of drug-likeness (QED) is 0.861. The number of hydrogen-bond acceptors (Lipinski definition) is 2. The molecule has 0 aromatic carbocycles. The Morgan fingerprint density at radius 1 is 1.30 bits per heavy atom. The average molecular weight is 282 g/mol. The molecule has 0 aliphatic carbocycles. The van der Waals surface area contributed by atoms with Gasteiger partial charge in [-0.25, -0.2) is 0 Å². The maximum atomic E-state index is 12.4. The molecule has 4 nitrogen and oxygen atoms in total. The zero-order valence-corrected chi connectivity index (χ0v) is 14.0. The number of rotatable bonds is 4. The molecule has 0 aromatic heterocycles. The first-order valence-corrected chi connectivity index (χ1v) is 7.53. The van der Waals surface area contributed by atoms with Gasteiger partial charge in [0.1, 0.15) is 0 Å². The number of carbonyl (C=O) groups excluding carboxylic acids is 2. The third-order valence-corrected chi connectivity index (χ3v) is 3.59. The monoisotopic (exact) mass is 282 g/mol. The highest BCUT2D eigenvalue weighted by Gasteiger charge is 2.37. The van der Waals surface area contributed by atoms with Crippen LogP contribution in [-0.2, 0) is 9.59 Å². The van der Waals surface area contributed by atoms with Crippen LogP contribution in [-0.4, -0.2) is 34.8 Å². The molecule has 1 aliphatic rings. The fourth-order valence-electron chi connectivity index (χ4n) is 3.21. The highest BCUT2D eigenvalue weighted by Crippen LogP contribution is 2.28. The van der Waals surface area contributed by atoms with E-state index in [-0.39, 0.29) is 34.7 Å². The van der Waals surface area contributed by atoms with Crippen molar-refractivity contribution in [3.8, 4) is 0 Å². The Morgan fingerprint density at radius 2 is 1.85 bits per heavy atom. The summed E-state index contributed by atoms with van der Waals surface area (Å²) in [7, 11) is 0. The molecule has 1 aliphatic heterocycles. The fraction of sp³-hybridized carbons (Fsp3) is 0.875. The van der Waals surface area contributed by atoms with E-state index in [1.54, 1.807) is 4.90 Å². The molecule has 2 amide bonds. The molecule has 0 aromatic rings. The van der Waals surface area contributed by atoms with Crippen LogP contribution in [0.1, 0.15) is 61.3 Å². The van der Waals surface area contributed by atoms with Gasteiger partial charge in [-0.3, -0.25) is 9.59 Å². The number of carbonyl (C=O) groups is 2. The topological polar surface area (TPSA) is 49.4 Å². The van der Waals surface area contributed by atoms with Gasteiger partial charge >= 0.3 is 0 Å². The molecule has 0 radical (unpaired) electrons. The average Bonchev–Trinajstić information content (AvgIpc) is 2.55. The SMILES string of the molecule is CC(C)N1C[C@H](C(=O)NC(C)(C)CC(C)(C)C)CC1=O. The molecule has 4 heteroatoms. The van der Waals surface area contributed by atoms with Crippen LogP contribution in [0.25, 0.3) is 0 Å². The second-order valence-electron chi connectivity index (χ2n) is 8.15. The second-order valence-corrected chi connectivity index (χ2v) is 8.15. The lowest BCUT2D eigenvalue weighted by molar-refractivity contribution is -0.130. The normalized spacial score (nSPS) is 20.7. The molecule has 1 rings (SSSR count). The zero-order valence-electron chi connectivity index (χ0n) is 14.0. The van der Waals surface area contributed by atoms with Crippen molar-refractivity contribution in [3.05, 3.63) is 0 Å². The first kappa shape index (κ1) is 17.0. The molecule has 1 heterocycles. The predicted molar refractivity (Wildman–Crippen MR) is 81.2 cm³/mol. The molecule has 0 spiro atoms. The predicted octanol–water partition coefficient (Wildman–Crippen LogP) is 2.57. The highest BCUT2D eigenvalue weighted by molar-refractivity contribution is 5.89. The number of amides is 2.